The zero-order valence-corrected chi connectivity index (χ0v) is 19.2. The molecule has 2 N–H and O–H groups in total. The second-order valence-corrected chi connectivity index (χ2v) is 9.70. The number of nitrogens with zero attached hydrogens (tertiary/aromatic N) is 2. The Morgan fingerprint density at radius 2 is 1.82 bits per heavy atom. The van der Waals surface area contributed by atoms with E-state index >= 15 is 0 Å². The molecule has 1 aromatic heterocycles. The first kappa shape index (κ1) is 24.5. The number of halogens is 4. The molecule has 1 amide bonds. The van der Waals surface area contributed by atoms with Crippen LogP contribution in [0.25, 0.3) is 0 Å². The number of aryl methyl sites for hydroxylation is 1. The van der Waals surface area contributed by atoms with Crippen molar-refractivity contribution in [1.29, 1.82) is 4.78 Å². The van der Waals surface area contributed by atoms with E-state index in [1.54, 1.807) is 19.1 Å². The van der Waals surface area contributed by atoms with Gasteiger partial charge in [-0.05, 0) is 49.2 Å². The number of alkyl halides is 3. The van der Waals surface area contributed by atoms with Gasteiger partial charge in [-0.3, -0.25) is 4.79 Å². The van der Waals surface area contributed by atoms with Crippen molar-refractivity contribution >= 4 is 32.9 Å². The van der Waals surface area contributed by atoms with E-state index in [1.807, 2.05) is 0 Å². The topological polar surface area (TPSA) is 105 Å². The summed E-state index contributed by atoms with van der Waals surface area (Å²) < 4.78 is 65.6. The first-order valence-corrected chi connectivity index (χ1v) is 11.7. The minimum absolute atomic E-state index is 0.0844. The lowest BCUT2D eigenvalue weighted by Crippen LogP contribution is -2.21. The number of aromatic nitrogens is 2. The molecule has 0 aliphatic carbocycles. The van der Waals surface area contributed by atoms with Gasteiger partial charge in [-0.2, -0.15) is 13.2 Å². The standard InChI is InChI=1S/C21H18ClF3N4O3S/c1-11-6-4-9-15(17(11)22)32-20-16(12(2)18(28-29-20)21(23,24)25)19(30)27-13-7-5-8-14(10-13)33(3,26)31/h4-10,26H,1-3H3,(H,27,30). The third kappa shape index (κ3) is 5.42. The number of benzene rings is 2. The highest BCUT2D eigenvalue weighted by Crippen LogP contribution is 2.37. The van der Waals surface area contributed by atoms with Crippen LogP contribution in [0.3, 0.4) is 0 Å². The highest BCUT2D eigenvalue weighted by molar-refractivity contribution is 7.91. The third-order valence-electron chi connectivity index (χ3n) is 4.59. The largest absolute Gasteiger partial charge is 0.435 e. The van der Waals surface area contributed by atoms with Crippen LogP contribution in [0.4, 0.5) is 18.9 Å². The number of amides is 1. The summed E-state index contributed by atoms with van der Waals surface area (Å²) in [7, 11) is -3.08. The maximum absolute atomic E-state index is 13.4. The number of anilines is 1. The van der Waals surface area contributed by atoms with Gasteiger partial charge >= 0.3 is 6.18 Å². The Kier molecular flexibility index (Phi) is 6.66. The van der Waals surface area contributed by atoms with Crippen LogP contribution in [0.5, 0.6) is 11.6 Å². The Hall–Kier alpha value is -3.18. The van der Waals surface area contributed by atoms with E-state index < -0.39 is 44.5 Å². The number of ether oxygens (including phenoxy) is 1. The summed E-state index contributed by atoms with van der Waals surface area (Å²) in [6.45, 7) is 2.79. The molecule has 0 aliphatic heterocycles. The van der Waals surface area contributed by atoms with Gasteiger partial charge in [0.2, 0.25) is 0 Å². The van der Waals surface area contributed by atoms with Crippen molar-refractivity contribution in [1.82, 2.24) is 10.2 Å². The highest BCUT2D eigenvalue weighted by Gasteiger charge is 2.38. The van der Waals surface area contributed by atoms with Gasteiger partial charge in [-0.1, -0.05) is 29.8 Å². The average Bonchev–Trinajstić information content (AvgIpc) is 2.70. The first-order valence-electron chi connectivity index (χ1n) is 9.31. The van der Waals surface area contributed by atoms with E-state index in [0.29, 0.717) is 5.56 Å². The maximum atomic E-state index is 13.4. The van der Waals surface area contributed by atoms with Crippen LogP contribution in [-0.2, 0) is 15.9 Å². The molecule has 1 unspecified atom stereocenters. The molecule has 1 atom stereocenters. The predicted molar refractivity (Wildman–Crippen MR) is 117 cm³/mol. The Bertz CT molecular complexity index is 1350. The SMILES string of the molecule is Cc1cccc(Oc2nnc(C(F)(F)F)c(C)c2C(=O)Nc2cccc(S(C)(=N)=O)c2)c1Cl. The Morgan fingerprint density at radius 3 is 2.45 bits per heavy atom. The molecule has 12 heteroatoms. The van der Waals surface area contributed by atoms with Gasteiger partial charge in [0.25, 0.3) is 11.8 Å². The molecule has 33 heavy (non-hydrogen) atoms. The Labute approximate surface area is 192 Å². The van der Waals surface area contributed by atoms with E-state index in [0.717, 1.165) is 6.92 Å². The van der Waals surface area contributed by atoms with Crippen molar-refractivity contribution in [2.45, 2.75) is 24.9 Å². The molecule has 3 aromatic rings. The number of hydrogen-bond acceptors (Lipinski definition) is 6. The van der Waals surface area contributed by atoms with E-state index in [9.17, 15) is 22.2 Å². The van der Waals surface area contributed by atoms with Crippen LogP contribution in [0.2, 0.25) is 5.02 Å². The average molecular weight is 499 g/mol. The summed E-state index contributed by atoms with van der Waals surface area (Å²) in [6.07, 6.45) is -3.65. The second kappa shape index (κ2) is 8.99. The molecular weight excluding hydrogens is 481 g/mol. The van der Waals surface area contributed by atoms with Crippen LogP contribution < -0.4 is 10.1 Å². The zero-order valence-electron chi connectivity index (χ0n) is 17.6. The number of hydrogen-bond donors (Lipinski definition) is 2. The lowest BCUT2D eigenvalue weighted by atomic mass is 10.1. The van der Waals surface area contributed by atoms with E-state index in [-0.39, 0.29) is 21.4 Å². The maximum Gasteiger partial charge on any atom is 0.435 e. The van der Waals surface area contributed by atoms with Gasteiger partial charge in [0.05, 0.1) is 14.8 Å². The summed E-state index contributed by atoms with van der Waals surface area (Å²) in [5.74, 6) is -1.35. The monoisotopic (exact) mass is 498 g/mol. The van der Waals surface area contributed by atoms with Gasteiger partial charge in [-0.25, -0.2) is 8.99 Å². The quantitative estimate of drug-likeness (QED) is 0.459. The fourth-order valence-electron chi connectivity index (χ4n) is 2.92. The van der Waals surface area contributed by atoms with Crippen molar-refractivity contribution in [3.63, 3.8) is 0 Å². The minimum Gasteiger partial charge on any atom is -0.435 e. The summed E-state index contributed by atoms with van der Waals surface area (Å²) in [5.41, 5.74) is -1.56. The molecule has 0 aliphatic rings. The third-order valence-corrected chi connectivity index (χ3v) is 6.22. The van der Waals surface area contributed by atoms with E-state index in [1.165, 1.54) is 36.6 Å². The highest BCUT2D eigenvalue weighted by atomic mass is 35.5. The molecule has 7 nitrogen and oxygen atoms in total. The molecule has 3 rings (SSSR count). The summed E-state index contributed by atoms with van der Waals surface area (Å²) >= 11 is 6.21. The Morgan fingerprint density at radius 1 is 1.15 bits per heavy atom. The first-order chi connectivity index (χ1) is 15.3. The lowest BCUT2D eigenvalue weighted by molar-refractivity contribution is -0.142. The van der Waals surface area contributed by atoms with Gasteiger partial charge in [0.1, 0.15) is 11.3 Å². The van der Waals surface area contributed by atoms with Crippen LogP contribution in [0, 0.1) is 18.6 Å². The Balaban J connectivity index is 2.09. The molecule has 0 saturated heterocycles. The molecule has 0 saturated carbocycles. The van der Waals surface area contributed by atoms with Crippen LogP contribution in [0.15, 0.2) is 47.4 Å². The van der Waals surface area contributed by atoms with Gasteiger partial charge in [-0.15, -0.1) is 10.2 Å². The molecule has 0 fully saturated rings. The lowest BCUT2D eigenvalue weighted by Gasteiger charge is -2.17. The molecule has 0 bridgehead atoms. The smallest absolute Gasteiger partial charge is 0.435 e. The summed E-state index contributed by atoms with van der Waals surface area (Å²) in [6, 6.07) is 10.5. The fourth-order valence-corrected chi connectivity index (χ4v) is 3.78. The van der Waals surface area contributed by atoms with Crippen LogP contribution in [-0.4, -0.2) is 26.6 Å². The zero-order chi connectivity index (χ0) is 24.6. The number of nitrogens with one attached hydrogen (secondary N) is 2. The summed E-state index contributed by atoms with van der Waals surface area (Å²) in [4.78, 5) is 13.2. The van der Waals surface area contributed by atoms with Crippen molar-refractivity contribution < 1.29 is 26.9 Å². The van der Waals surface area contributed by atoms with Crippen LogP contribution >= 0.6 is 11.6 Å². The normalized spacial score (nSPS) is 13.3. The van der Waals surface area contributed by atoms with Gasteiger partial charge in [0, 0.05) is 16.8 Å². The van der Waals surface area contributed by atoms with Crippen LogP contribution in [0.1, 0.15) is 27.2 Å². The van der Waals surface area contributed by atoms with E-state index in [2.05, 4.69) is 15.5 Å². The van der Waals surface area contributed by atoms with Crippen molar-refractivity contribution in [2.75, 3.05) is 11.6 Å². The van der Waals surface area contributed by atoms with Gasteiger partial charge < -0.3 is 10.1 Å². The molecular formula is C21H18ClF3N4O3S. The molecule has 0 radical (unpaired) electrons. The molecule has 174 valence electrons. The van der Waals surface area contributed by atoms with E-state index in [4.69, 9.17) is 21.1 Å². The number of carbonyl (C=O) groups is 1. The molecule has 2 aromatic carbocycles. The minimum atomic E-state index is -4.86. The summed E-state index contributed by atoms with van der Waals surface area (Å²) in [5, 5.41) is 9.36. The predicted octanol–water partition coefficient (Wildman–Crippen LogP) is 5.85. The van der Waals surface area contributed by atoms with Crippen molar-refractivity contribution in [2.24, 2.45) is 0 Å². The molecule has 0 spiro atoms. The molecule has 1 heterocycles. The number of carbonyl (C=O) groups excluding carboxylic acids is 1. The number of rotatable bonds is 5. The van der Waals surface area contributed by atoms with Crippen molar-refractivity contribution in [3.05, 3.63) is 69.9 Å². The second-order valence-electron chi connectivity index (χ2n) is 7.17. The van der Waals surface area contributed by atoms with Crippen molar-refractivity contribution in [3.8, 4) is 11.6 Å². The fraction of sp³-hybridized carbons (Fsp3) is 0.190. The van der Waals surface area contributed by atoms with Gasteiger partial charge in [0.15, 0.2) is 5.69 Å².